The number of aryl methyl sites for hydroxylation is 1. The molecule has 1 radical (unpaired) electrons. The van der Waals surface area contributed by atoms with Crippen LogP contribution in [0.15, 0.2) is 18.2 Å². The van der Waals surface area contributed by atoms with Crippen molar-refractivity contribution in [3.63, 3.8) is 0 Å². The van der Waals surface area contributed by atoms with Crippen LogP contribution < -0.4 is 4.74 Å². The van der Waals surface area contributed by atoms with Gasteiger partial charge < -0.3 is 4.74 Å². The van der Waals surface area contributed by atoms with E-state index in [4.69, 9.17) is 4.74 Å². The maximum atomic E-state index is 5.39. The summed E-state index contributed by atoms with van der Waals surface area (Å²) in [6.07, 6.45) is 2.31. The zero-order valence-corrected chi connectivity index (χ0v) is 5.76. The SMILES string of the molecule is [c]1ccc2c(c1)OCCC2. The first-order valence-corrected chi connectivity index (χ1v) is 3.58. The highest BCUT2D eigenvalue weighted by Gasteiger charge is 2.07. The molecule has 0 fully saturated rings. The Bertz CT molecular complexity index is 205. The topological polar surface area (TPSA) is 9.23 Å². The Hall–Kier alpha value is -0.980. The van der Waals surface area contributed by atoms with Crippen molar-refractivity contribution in [2.24, 2.45) is 0 Å². The number of ether oxygens (including phenoxy) is 1. The molecule has 1 nitrogen and oxygen atoms in total. The second kappa shape index (κ2) is 2.33. The molecule has 0 aliphatic carbocycles. The predicted octanol–water partition coefficient (Wildman–Crippen LogP) is 1.81. The average molecular weight is 133 g/mol. The van der Waals surface area contributed by atoms with E-state index >= 15 is 0 Å². The Morgan fingerprint density at radius 2 is 2.50 bits per heavy atom. The van der Waals surface area contributed by atoms with E-state index in [1.807, 2.05) is 12.1 Å². The Labute approximate surface area is 60.6 Å². The molecule has 0 amide bonds. The lowest BCUT2D eigenvalue weighted by Gasteiger charge is -2.15. The molecule has 0 bridgehead atoms. The lowest BCUT2D eigenvalue weighted by atomic mass is 10.1. The van der Waals surface area contributed by atoms with Crippen LogP contribution >= 0.6 is 0 Å². The van der Waals surface area contributed by atoms with E-state index in [1.54, 1.807) is 0 Å². The molecule has 0 atom stereocenters. The van der Waals surface area contributed by atoms with Crippen LogP contribution in [0.5, 0.6) is 5.75 Å². The van der Waals surface area contributed by atoms with E-state index in [1.165, 1.54) is 5.56 Å². The van der Waals surface area contributed by atoms with Crippen LogP contribution in [0.25, 0.3) is 0 Å². The first kappa shape index (κ1) is 5.78. The third-order valence-corrected chi connectivity index (χ3v) is 1.76. The molecule has 1 heteroatoms. The van der Waals surface area contributed by atoms with Gasteiger partial charge in [0.05, 0.1) is 6.61 Å². The first-order valence-electron chi connectivity index (χ1n) is 3.58. The van der Waals surface area contributed by atoms with Crippen LogP contribution in [0.4, 0.5) is 0 Å². The first-order chi connectivity index (χ1) is 4.97. The minimum atomic E-state index is 0.866. The van der Waals surface area contributed by atoms with Gasteiger partial charge >= 0.3 is 0 Å². The van der Waals surface area contributed by atoms with Crippen LogP contribution in [0, 0.1) is 6.07 Å². The van der Waals surface area contributed by atoms with E-state index in [0.29, 0.717) is 0 Å². The lowest BCUT2D eigenvalue weighted by molar-refractivity contribution is 0.288. The molecule has 1 aliphatic rings. The molecule has 51 valence electrons. The predicted molar refractivity (Wildman–Crippen MR) is 39.1 cm³/mol. The molecule has 1 heterocycles. The second-order valence-corrected chi connectivity index (χ2v) is 2.49. The van der Waals surface area contributed by atoms with Crippen molar-refractivity contribution in [3.8, 4) is 5.75 Å². The molecular formula is C9H9O. The minimum absolute atomic E-state index is 0.866. The Kier molecular flexibility index (Phi) is 1.35. The van der Waals surface area contributed by atoms with Gasteiger partial charge in [-0.2, -0.15) is 0 Å². The quantitative estimate of drug-likeness (QED) is 0.524. The average Bonchev–Trinajstić information content (AvgIpc) is 2.05. The molecule has 0 aromatic heterocycles. The monoisotopic (exact) mass is 133 g/mol. The summed E-state index contributed by atoms with van der Waals surface area (Å²) in [6.45, 7) is 0.866. The zero-order chi connectivity index (χ0) is 6.81. The van der Waals surface area contributed by atoms with Crippen molar-refractivity contribution < 1.29 is 4.74 Å². The number of benzene rings is 1. The second-order valence-electron chi connectivity index (χ2n) is 2.49. The number of fused-ring (bicyclic) bond motifs is 1. The molecule has 1 aliphatic heterocycles. The van der Waals surface area contributed by atoms with E-state index < -0.39 is 0 Å². The van der Waals surface area contributed by atoms with Gasteiger partial charge in [-0.25, -0.2) is 0 Å². The van der Waals surface area contributed by atoms with Gasteiger partial charge in [-0.05, 0) is 30.5 Å². The zero-order valence-electron chi connectivity index (χ0n) is 5.76. The van der Waals surface area contributed by atoms with Crippen molar-refractivity contribution in [1.29, 1.82) is 0 Å². The molecular weight excluding hydrogens is 124 g/mol. The summed E-state index contributed by atoms with van der Waals surface area (Å²) < 4.78 is 5.39. The van der Waals surface area contributed by atoms with Gasteiger partial charge in [-0.3, -0.25) is 0 Å². The van der Waals surface area contributed by atoms with E-state index in [9.17, 15) is 0 Å². The molecule has 0 N–H and O–H groups in total. The molecule has 0 saturated heterocycles. The Balaban J connectivity index is 2.41. The summed E-state index contributed by atoms with van der Waals surface area (Å²) >= 11 is 0. The normalized spacial score (nSPS) is 15.6. The van der Waals surface area contributed by atoms with Crippen molar-refractivity contribution in [1.82, 2.24) is 0 Å². The maximum Gasteiger partial charge on any atom is 0.123 e. The van der Waals surface area contributed by atoms with Crippen LogP contribution in [-0.4, -0.2) is 6.61 Å². The standard InChI is InChI=1S/C9H9O/c1-2-6-9-8(4-1)5-3-7-10-9/h1,4,6H,3,5,7H2. The lowest BCUT2D eigenvalue weighted by Crippen LogP contribution is -2.07. The smallest absolute Gasteiger partial charge is 0.123 e. The van der Waals surface area contributed by atoms with Gasteiger partial charge in [0.1, 0.15) is 5.75 Å². The van der Waals surface area contributed by atoms with E-state index in [-0.39, 0.29) is 0 Å². The summed E-state index contributed by atoms with van der Waals surface area (Å²) in [6, 6.07) is 8.92. The van der Waals surface area contributed by atoms with Crippen molar-refractivity contribution >= 4 is 0 Å². The largest absolute Gasteiger partial charge is 0.493 e. The van der Waals surface area contributed by atoms with Gasteiger partial charge in [-0.15, -0.1) is 0 Å². The molecule has 1 aromatic carbocycles. The fourth-order valence-electron chi connectivity index (χ4n) is 1.23. The summed E-state index contributed by atoms with van der Waals surface area (Å²) in [4.78, 5) is 0. The fourth-order valence-corrected chi connectivity index (χ4v) is 1.23. The Morgan fingerprint density at radius 3 is 3.40 bits per heavy atom. The highest BCUT2D eigenvalue weighted by atomic mass is 16.5. The number of rotatable bonds is 0. The molecule has 10 heavy (non-hydrogen) atoms. The third-order valence-electron chi connectivity index (χ3n) is 1.76. The summed E-state index contributed by atoms with van der Waals surface area (Å²) in [5.74, 6) is 1.02. The summed E-state index contributed by atoms with van der Waals surface area (Å²) in [7, 11) is 0. The van der Waals surface area contributed by atoms with Crippen LogP contribution in [0.2, 0.25) is 0 Å². The molecule has 2 rings (SSSR count). The third kappa shape index (κ3) is 0.878. The van der Waals surface area contributed by atoms with Gasteiger partial charge in [0.15, 0.2) is 0 Å². The van der Waals surface area contributed by atoms with Crippen LogP contribution in [0.1, 0.15) is 12.0 Å². The van der Waals surface area contributed by atoms with Gasteiger partial charge in [0, 0.05) is 0 Å². The minimum Gasteiger partial charge on any atom is -0.493 e. The molecule has 0 saturated carbocycles. The van der Waals surface area contributed by atoms with Gasteiger partial charge in [-0.1, -0.05) is 12.1 Å². The van der Waals surface area contributed by atoms with E-state index in [2.05, 4.69) is 12.1 Å². The molecule has 1 aromatic rings. The highest BCUT2D eigenvalue weighted by molar-refractivity contribution is 5.33. The van der Waals surface area contributed by atoms with Crippen molar-refractivity contribution in [3.05, 3.63) is 29.8 Å². The van der Waals surface area contributed by atoms with Crippen LogP contribution in [0.3, 0.4) is 0 Å². The Morgan fingerprint density at radius 1 is 1.50 bits per heavy atom. The van der Waals surface area contributed by atoms with Crippen LogP contribution in [-0.2, 0) is 6.42 Å². The maximum absolute atomic E-state index is 5.39. The van der Waals surface area contributed by atoms with Gasteiger partial charge in [0.25, 0.3) is 0 Å². The number of hydrogen-bond donors (Lipinski definition) is 0. The van der Waals surface area contributed by atoms with Crippen molar-refractivity contribution in [2.45, 2.75) is 12.8 Å². The number of hydrogen-bond acceptors (Lipinski definition) is 1. The molecule has 0 unspecified atom stereocenters. The summed E-state index contributed by atoms with van der Waals surface area (Å²) in [5, 5.41) is 0. The van der Waals surface area contributed by atoms with E-state index in [0.717, 1.165) is 25.2 Å². The summed E-state index contributed by atoms with van der Waals surface area (Å²) in [5.41, 5.74) is 1.32. The van der Waals surface area contributed by atoms with Crippen molar-refractivity contribution in [2.75, 3.05) is 6.61 Å². The fraction of sp³-hybridized carbons (Fsp3) is 0.333. The highest BCUT2D eigenvalue weighted by Crippen LogP contribution is 2.22. The van der Waals surface area contributed by atoms with Gasteiger partial charge in [0.2, 0.25) is 0 Å². The molecule has 0 spiro atoms.